The van der Waals surface area contributed by atoms with Crippen molar-refractivity contribution in [3.63, 3.8) is 0 Å². The zero-order valence-electron chi connectivity index (χ0n) is 9.99. The van der Waals surface area contributed by atoms with Crippen molar-refractivity contribution in [2.75, 3.05) is 13.1 Å². The molecule has 0 fully saturated rings. The van der Waals surface area contributed by atoms with Crippen LogP contribution in [0.25, 0.3) is 0 Å². The van der Waals surface area contributed by atoms with Crippen LogP contribution in [0.15, 0.2) is 30.3 Å². The first kappa shape index (κ1) is 12.7. The number of nitrogens with one attached hydrogen (secondary N) is 2. The van der Waals surface area contributed by atoms with Gasteiger partial charge in [-0.2, -0.15) is 0 Å². The minimum absolute atomic E-state index is 0.0578. The van der Waals surface area contributed by atoms with Crippen molar-refractivity contribution in [2.45, 2.75) is 26.3 Å². The van der Waals surface area contributed by atoms with E-state index in [9.17, 15) is 4.79 Å². The van der Waals surface area contributed by atoms with Gasteiger partial charge < -0.3 is 10.6 Å². The molecule has 2 N–H and O–H groups in total. The van der Waals surface area contributed by atoms with E-state index < -0.39 is 0 Å². The summed E-state index contributed by atoms with van der Waals surface area (Å²) in [6.07, 6.45) is 0.945. The molecule has 16 heavy (non-hydrogen) atoms. The normalized spacial score (nSPS) is 12.1. The van der Waals surface area contributed by atoms with Crippen molar-refractivity contribution < 1.29 is 4.79 Å². The number of carbonyl (C=O) groups is 1. The van der Waals surface area contributed by atoms with Crippen LogP contribution in [0.1, 0.15) is 19.4 Å². The van der Waals surface area contributed by atoms with Crippen molar-refractivity contribution in [1.29, 1.82) is 0 Å². The van der Waals surface area contributed by atoms with E-state index in [1.165, 1.54) is 5.56 Å². The number of hydrogen-bond acceptors (Lipinski definition) is 2. The molecule has 1 unspecified atom stereocenters. The molecule has 88 valence electrons. The molecule has 0 heterocycles. The summed E-state index contributed by atoms with van der Waals surface area (Å²) in [6.45, 7) is 5.09. The standard InChI is InChI=1S/C13H20N2O/c1-3-14-13(16)10-15-11(2)9-12-7-5-4-6-8-12/h4-8,11,15H,3,9-10H2,1-2H3,(H,14,16). The molecule has 0 saturated heterocycles. The third-order valence-corrected chi connectivity index (χ3v) is 2.37. The summed E-state index contributed by atoms with van der Waals surface area (Å²) in [5.74, 6) is 0.0578. The number of benzene rings is 1. The minimum atomic E-state index is 0.0578. The van der Waals surface area contributed by atoms with Crippen LogP contribution < -0.4 is 10.6 Å². The molecular weight excluding hydrogens is 200 g/mol. The molecule has 1 amide bonds. The summed E-state index contributed by atoms with van der Waals surface area (Å²) in [5, 5.41) is 5.97. The third-order valence-electron chi connectivity index (χ3n) is 2.37. The summed E-state index contributed by atoms with van der Waals surface area (Å²) in [7, 11) is 0. The molecule has 0 aliphatic carbocycles. The summed E-state index contributed by atoms with van der Waals surface area (Å²) < 4.78 is 0. The molecule has 0 aliphatic heterocycles. The van der Waals surface area contributed by atoms with Gasteiger partial charge in [-0.25, -0.2) is 0 Å². The molecule has 0 aromatic heterocycles. The van der Waals surface area contributed by atoms with Crippen molar-refractivity contribution in [3.8, 4) is 0 Å². The maximum absolute atomic E-state index is 11.2. The van der Waals surface area contributed by atoms with Gasteiger partial charge in [-0.15, -0.1) is 0 Å². The third kappa shape index (κ3) is 4.94. The first-order chi connectivity index (χ1) is 7.72. The fourth-order valence-electron chi connectivity index (χ4n) is 1.57. The maximum Gasteiger partial charge on any atom is 0.233 e. The smallest absolute Gasteiger partial charge is 0.233 e. The molecule has 0 saturated carbocycles. The summed E-state index contributed by atoms with van der Waals surface area (Å²) in [6, 6.07) is 10.6. The Bertz CT molecular complexity index is 311. The van der Waals surface area contributed by atoms with Crippen molar-refractivity contribution >= 4 is 5.91 Å². The predicted octanol–water partition coefficient (Wildman–Crippen LogP) is 1.34. The van der Waals surface area contributed by atoms with Crippen LogP contribution in [0, 0.1) is 0 Å². The second-order valence-corrected chi connectivity index (χ2v) is 3.93. The fraction of sp³-hybridized carbons (Fsp3) is 0.462. The highest BCUT2D eigenvalue weighted by atomic mass is 16.1. The molecule has 1 atom stereocenters. The fourth-order valence-corrected chi connectivity index (χ4v) is 1.57. The second kappa shape index (κ2) is 7.01. The van der Waals surface area contributed by atoms with Gasteiger partial charge in [0.25, 0.3) is 0 Å². The molecule has 3 heteroatoms. The van der Waals surface area contributed by atoms with Gasteiger partial charge in [0.1, 0.15) is 0 Å². The summed E-state index contributed by atoms with van der Waals surface area (Å²) >= 11 is 0. The first-order valence-corrected chi connectivity index (χ1v) is 5.76. The number of amides is 1. The zero-order chi connectivity index (χ0) is 11.8. The molecule has 0 spiro atoms. The molecule has 1 aromatic rings. The monoisotopic (exact) mass is 220 g/mol. The van der Waals surface area contributed by atoms with Gasteiger partial charge >= 0.3 is 0 Å². The van der Waals surface area contributed by atoms with Gasteiger partial charge in [-0.05, 0) is 25.8 Å². The van der Waals surface area contributed by atoms with Gasteiger partial charge in [0.2, 0.25) is 5.91 Å². The molecule has 0 aliphatic rings. The highest BCUT2D eigenvalue weighted by Crippen LogP contribution is 2.02. The van der Waals surface area contributed by atoms with Crippen LogP contribution in [0.4, 0.5) is 0 Å². The topological polar surface area (TPSA) is 41.1 Å². The quantitative estimate of drug-likeness (QED) is 0.759. The van der Waals surface area contributed by atoms with E-state index in [4.69, 9.17) is 0 Å². The Morgan fingerprint density at radius 2 is 2.00 bits per heavy atom. The largest absolute Gasteiger partial charge is 0.355 e. The molecule has 0 radical (unpaired) electrons. The average Bonchev–Trinajstić information content (AvgIpc) is 2.28. The lowest BCUT2D eigenvalue weighted by Crippen LogP contribution is -2.38. The average molecular weight is 220 g/mol. The first-order valence-electron chi connectivity index (χ1n) is 5.76. The van der Waals surface area contributed by atoms with Gasteiger partial charge in [0.05, 0.1) is 6.54 Å². The molecule has 1 aromatic carbocycles. The van der Waals surface area contributed by atoms with Crippen LogP contribution >= 0.6 is 0 Å². The number of likely N-dealkylation sites (N-methyl/N-ethyl adjacent to an activating group) is 1. The number of hydrogen-bond donors (Lipinski definition) is 2. The highest BCUT2D eigenvalue weighted by Gasteiger charge is 2.05. The molecule has 0 bridgehead atoms. The Labute approximate surface area is 97.2 Å². The minimum Gasteiger partial charge on any atom is -0.355 e. The zero-order valence-corrected chi connectivity index (χ0v) is 9.99. The lowest BCUT2D eigenvalue weighted by atomic mass is 10.1. The van der Waals surface area contributed by atoms with E-state index in [1.807, 2.05) is 25.1 Å². The van der Waals surface area contributed by atoms with Crippen molar-refractivity contribution in [2.24, 2.45) is 0 Å². The van der Waals surface area contributed by atoms with E-state index in [0.717, 1.165) is 6.42 Å². The Kier molecular flexibility index (Phi) is 5.57. The van der Waals surface area contributed by atoms with Crippen LogP contribution in [-0.4, -0.2) is 25.0 Å². The number of carbonyl (C=O) groups excluding carboxylic acids is 1. The Morgan fingerprint density at radius 3 is 2.62 bits per heavy atom. The van der Waals surface area contributed by atoms with Gasteiger partial charge in [-0.1, -0.05) is 30.3 Å². The Morgan fingerprint density at radius 1 is 1.31 bits per heavy atom. The summed E-state index contributed by atoms with van der Waals surface area (Å²) in [4.78, 5) is 11.2. The van der Waals surface area contributed by atoms with Crippen molar-refractivity contribution in [3.05, 3.63) is 35.9 Å². The SMILES string of the molecule is CCNC(=O)CNC(C)Cc1ccccc1. The van der Waals surface area contributed by atoms with E-state index >= 15 is 0 Å². The lowest BCUT2D eigenvalue weighted by Gasteiger charge is -2.13. The van der Waals surface area contributed by atoms with Crippen molar-refractivity contribution in [1.82, 2.24) is 10.6 Å². The van der Waals surface area contributed by atoms with Crippen LogP contribution in [0.2, 0.25) is 0 Å². The Balaban J connectivity index is 2.26. The van der Waals surface area contributed by atoms with E-state index in [0.29, 0.717) is 19.1 Å². The molecule has 1 rings (SSSR count). The van der Waals surface area contributed by atoms with Crippen LogP contribution in [0.5, 0.6) is 0 Å². The molecule has 3 nitrogen and oxygen atoms in total. The summed E-state index contributed by atoms with van der Waals surface area (Å²) in [5.41, 5.74) is 1.29. The number of rotatable bonds is 6. The Hall–Kier alpha value is -1.35. The molecular formula is C13H20N2O. The lowest BCUT2D eigenvalue weighted by molar-refractivity contribution is -0.120. The second-order valence-electron chi connectivity index (χ2n) is 3.93. The highest BCUT2D eigenvalue weighted by molar-refractivity contribution is 5.77. The van der Waals surface area contributed by atoms with E-state index in [1.54, 1.807) is 0 Å². The van der Waals surface area contributed by atoms with E-state index in [2.05, 4.69) is 29.7 Å². The predicted molar refractivity (Wildman–Crippen MR) is 66.3 cm³/mol. The van der Waals surface area contributed by atoms with Crippen LogP contribution in [0.3, 0.4) is 0 Å². The maximum atomic E-state index is 11.2. The van der Waals surface area contributed by atoms with Crippen LogP contribution in [-0.2, 0) is 11.2 Å². The van der Waals surface area contributed by atoms with Gasteiger partial charge in [0, 0.05) is 12.6 Å². The van der Waals surface area contributed by atoms with Gasteiger partial charge in [-0.3, -0.25) is 4.79 Å². The van der Waals surface area contributed by atoms with E-state index in [-0.39, 0.29) is 5.91 Å². The van der Waals surface area contributed by atoms with Gasteiger partial charge in [0.15, 0.2) is 0 Å².